The molecule has 1 aliphatic rings. The van der Waals surface area contributed by atoms with Crippen LogP contribution in [0.4, 0.5) is 11.4 Å². The molecule has 0 unspecified atom stereocenters. The molecule has 1 N–H and O–H groups in total. The fourth-order valence-corrected chi connectivity index (χ4v) is 3.43. The highest BCUT2D eigenvalue weighted by atomic mass is 35.5. The fraction of sp³-hybridized carbons (Fsp3) is 0.0800. The molecule has 0 atom stereocenters. The number of aryl methyl sites for hydroxylation is 1. The first kappa shape index (κ1) is 21.3. The lowest BCUT2D eigenvalue weighted by atomic mass is 10.1. The maximum atomic E-state index is 12.8. The number of imide groups is 1. The van der Waals surface area contributed by atoms with Crippen LogP contribution in [0.3, 0.4) is 0 Å². The zero-order valence-electron chi connectivity index (χ0n) is 17.2. The first-order chi connectivity index (χ1) is 15.5. The highest BCUT2D eigenvalue weighted by Crippen LogP contribution is 2.30. The van der Waals surface area contributed by atoms with Crippen LogP contribution in [0.5, 0.6) is 5.75 Å². The van der Waals surface area contributed by atoms with Crippen molar-refractivity contribution in [1.29, 1.82) is 0 Å². The number of para-hydroxylation sites is 1. The zero-order chi connectivity index (χ0) is 22.7. The number of ether oxygens (including phenoxy) is 1. The van der Waals surface area contributed by atoms with Gasteiger partial charge in [-0.1, -0.05) is 48.9 Å². The molecule has 0 spiro atoms. The number of carbonyl (C=O) groups excluding carboxylic acids is 3. The van der Waals surface area contributed by atoms with E-state index in [0.717, 1.165) is 16.9 Å². The molecule has 4 rings (SSSR count). The molecule has 3 aromatic carbocycles. The summed E-state index contributed by atoms with van der Waals surface area (Å²) in [6.07, 6.45) is 0.903. The molecule has 160 valence electrons. The first-order valence-electron chi connectivity index (χ1n) is 9.99. The Morgan fingerprint density at radius 3 is 2.19 bits per heavy atom. The summed E-state index contributed by atoms with van der Waals surface area (Å²) >= 11 is 6.14. The summed E-state index contributed by atoms with van der Waals surface area (Å²) in [6, 6.07) is 22.2. The van der Waals surface area contributed by atoms with E-state index in [1.54, 1.807) is 66.7 Å². The van der Waals surface area contributed by atoms with Crippen LogP contribution < -0.4 is 15.0 Å². The SMILES string of the molecule is CCc1ccc(OC(=O)c2ccc(NC3=C(Cl)C(=O)N(c4ccccc4)C3=O)cc2)cc1. The molecule has 2 amide bonds. The number of anilines is 2. The van der Waals surface area contributed by atoms with E-state index in [2.05, 4.69) is 5.32 Å². The van der Waals surface area contributed by atoms with Crippen molar-refractivity contribution in [2.75, 3.05) is 10.2 Å². The van der Waals surface area contributed by atoms with Crippen molar-refractivity contribution in [3.63, 3.8) is 0 Å². The second kappa shape index (κ2) is 9.08. The Labute approximate surface area is 190 Å². The maximum absolute atomic E-state index is 12.8. The van der Waals surface area contributed by atoms with Gasteiger partial charge in [0.05, 0.1) is 11.3 Å². The lowest BCUT2D eigenvalue weighted by Gasteiger charge is -2.14. The number of hydrogen-bond acceptors (Lipinski definition) is 5. The molecular weight excluding hydrogens is 428 g/mol. The normalized spacial score (nSPS) is 13.5. The third kappa shape index (κ3) is 4.26. The number of halogens is 1. The Hall–Kier alpha value is -3.90. The van der Waals surface area contributed by atoms with Crippen LogP contribution in [0.2, 0.25) is 0 Å². The maximum Gasteiger partial charge on any atom is 0.343 e. The minimum absolute atomic E-state index is 0.0214. The van der Waals surface area contributed by atoms with Crippen LogP contribution in [0.25, 0.3) is 0 Å². The number of nitrogens with zero attached hydrogens (tertiary/aromatic N) is 1. The molecule has 32 heavy (non-hydrogen) atoms. The van der Waals surface area contributed by atoms with Gasteiger partial charge in [-0.25, -0.2) is 9.69 Å². The number of esters is 1. The van der Waals surface area contributed by atoms with Crippen molar-refractivity contribution in [3.05, 3.63) is 101 Å². The number of carbonyl (C=O) groups is 3. The Morgan fingerprint density at radius 1 is 0.906 bits per heavy atom. The second-order valence-electron chi connectivity index (χ2n) is 7.06. The molecule has 0 saturated heterocycles. The quantitative estimate of drug-likeness (QED) is 0.331. The third-order valence-corrected chi connectivity index (χ3v) is 5.32. The summed E-state index contributed by atoms with van der Waals surface area (Å²) in [5, 5.41) is 2.69. The minimum Gasteiger partial charge on any atom is -0.423 e. The molecule has 0 aromatic heterocycles. The van der Waals surface area contributed by atoms with Gasteiger partial charge in [0.2, 0.25) is 0 Å². The smallest absolute Gasteiger partial charge is 0.343 e. The Bertz CT molecular complexity index is 1200. The number of amides is 2. The summed E-state index contributed by atoms with van der Waals surface area (Å²) in [6.45, 7) is 2.05. The van der Waals surface area contributed by atoms with Gasteiger partial charge in [0, 0.05) is 5.69 Å². The summed E-state index contributed by atoms with van der Waals surface area (Å²) < 4.78 is 5.39. The van der Waals surface area contributed by atoms with E-state index >= 15 is 0 Å². The van der Waals surface area contributed by atoms with Crippen molar-refractivity contribution in [2.45, 2.75) is 13.3 Å². The topological polar surface area (TPSA) is 75.7 Å². The van der Waals surface area contributed by atoms with Gasteiger partial charge in [0.1, 0.15) is 16.5 Å². The Balaban J connectivity index is 1.45. The lowest BCUT2D eigenvalue weighted by Crippen LogP contribution is -2.32. The number of hydrogen-bond donors (Lipinski definition) is 1. The highest BCUT2D eigenvalue weighted by Gasteiger charge is 2.38. The van der Waals surface area contributed by atoms with Crippen LogP contribution in [0.15, 0.2) is 89.6 Å². The molecule has 6 nitrogen and oxygen atoms in total. The largest absolute Gasteiger partial charge is 0.423 e. The van der Waals surface area contributed by atoms with E-state index in [1.165, 1.54) is 0 Å². The fourth-order valence-electron chi connectivity index (χ4n) is 3.22. The summed E-state index contributed by atoms with van der Waals surface area (Å²) in [5.41, 5.74) is 2.40. The molecule has 0 bridgehead atoms. The van der Waals surface area contributed by atoms with Crippen LogP contribution >= 0.6 is 11.6 Å². The van der Waals surface area contributed by atoms with Crippen LogP contribution in [0.1, 0.15) is 22.8 Å². The van der Waals surface area contributed by atoms with Crippen molar-refractivity contribution < 1.29 is 19.1 Å². The molecule has 1 heterocycles. The number of benzene rings is 3. The van der Waals surface area contributed by atoms with Gasteiger partial charge < -0.3 is 10.1 Å². The van der Waals surface area contributed by atoms with Crippen LogP contribution in [-0.2, 0) is 16.0 Å². The monoisotopic (exact) mass is 446 g/mol. The van der Waals surface area contributed by atoms with Gasteiger partial charge in [-0.2, -0.15) is 0 Å². The molecule has 0 fully saturated rings. The number of rotatable bonds is 6. The predicted molar refractivity (Wildman–Crippen MR) is 123 cm³/mol. The van der Waals surface area contributed by atoms with E-state index in [-0.39, 0.29) is 10.7 Å². The van der Waals surface area contributed by atoms with Crippen LogP contribution in [-0.4, -0.2) is 17.8 Å². The Kier molecular flexibility index (Phi) is 6.05. The molecule has 3 aromatic rings. The van der Waals surface area contributed by atoms with E-state index in [1.807, 2.05) is 19.1 Å². The number of nitrogens with one attached hydrogen (secondary N) is 1. The van der Waals surface area contributed by atoms with Gasteiger partial charge in [-0.3, -0.25) is 9.59 Å². The highest BCUT2D eigenvalue weighted by molar-refractivity contribution is 6.53. The summed E-state index contributed by atoms with van der Waals surface area (Å²) in [7, 11) is 0. The minimum atomic E-state index is -0.598. The van der Waals surface area contributed by atoms with Gasteiger partial charge >= 0.3 is 5.97 Å². The molecule has 0 saturated carbocycles. The van der Waals surface area contributed by atoms with Crippen molar-refractivity contribution in [2.24, 2.45) is 0 Å². The predicted octanol–water partition coefficient (Wildman–Crippen LogP) is 4.90. The van der Waals surface area contributed by atoms with Crippen molar-refractivity contribution >= 4 is 40.8 Å². The van der Waals surface area contributed by atoms with Crippen LogP contribution in [0, 0.1) is 0 Å². The average Bonchev–Trinajstić information content (AvgIpc) is 3.03. The zero-order valence-corrected chi connectivity index (χ0v) is 17.9. The van der Waals surface area contributed by atoms with Gasteiger partial charge in [0.25, 0.3) is 11.8 Å². The summed E-state index contributed by atoms with van der Waals surface area (Å²) in [4.78, 5) is 38.7. The third-order valence-electron chi connectivity index (χ3n) is 4.97. The summed E-state index contributed by atoms with van der Waals surface area (Å²) in [5.74, 6) is -1.19. The van der Waals surface area contributed by atoms with Crippen molar-refractivity contribution in [3.8, 4) is 5.75 Å². The van der Waals surface area contributed by atoms with E-state index in [0.29, 0.717) is 22.7 Å². The first-order valence-corrected chi connectivity index (χ1v) is 10.4. The van der Waals surface area contributed by atoms with E-state index in [4.69, 9.17) is 16.3 Å². The molecule has 7 heteroatoms. The van der Waals surface area contributed by atoms with Crippen molar-refractivity contribution in [1.82, 2.24) is 0 Å². The Morgan fingerprint density at radius 2 is 1.56 bits per heavy atom. The average molecular weight is 447 g/mol. The second-order valence-corrected chi connectivity index (χ2v) is 7.44. The standard InChI is InChI=1S/C25H19ClN2O4/c1-2-16-8-14-20(15-9-16)32-25(31)17-10-12-18(13-11-17)27-22-21(26)23(29)28(24(22)30)19-6-4-3-5-7-19/h3-15,27H,2H2,1H3. The van der Waals surface area contributed by atoms with Gasteiger partial charge in [0.15, 0.2) is 0 Å². The molecular formula is C25H19ClN2O4. The molecule has 1 aliphatic heterocycles. The van der Waals surface area contributed by atoms with E-state index in [9.17, 15) is 14.4 Å². The van der Waals surface area contributed by atoms with E-state index < -0.39 is 17.8 Å². The van der Waals surface area contributed by atoms with Gasteiger partial charge in [-0.15, -0.1) is 0 Å². The van der Waals surface area contributed by atoms with Gasteiger partial charge in [-0.05, 0) is 60.5 Å². The molecule has 0 aliphatic carbocycles. The molecule has 0 radical (unpaired) electrons. The lowest BCUT2D eigenvalue weighted by molar-refractivity contribution is -0.120.